The van der Waals surface area contributed by atoms with Gasteiger partial charge >= 0.3 is 0 Å². The van der Waals surface area contributed by atoms with Crippen molar-refractivity contribution in [2.24, 2.45) is 5.73 Å². The lowest BCUT2D eigenvalue weighted by atomic mass is 10.2. The largest absolute Gasteiger partial charge is 0.327 e. The minimum atomic E-state index is -0.727. The molecule has 1 nitrogen and oxygen atoms in total. The fraction of sp³-hybridized carbons (Fsp3) is 0.333. The Bertz CT molecular complexity index is 208. The second-order valence-corrected chi connectivity index (χ2v) is 6.31. The van der Waals surface area contributed by atoms with Crippen LogP contribution in [0.3, 0.4) is 0 Å². The molecule has 1 rings (SSSR count). The van der Waals surface area contributed by atoms with E-state index in [4.69, 9.17) is 5.73 Å². The summed E-state index contributed by atoms with van der Waals surface area (Å²) in [5, 5.41) is 0. The number of hydrogen-bond acceptors (Lipinski definition) is 1. The zero-order valence-electron chi connectivity index (χ0n) is 7.04. The van der Waals surface area contributed by atoms with Gasteiger partial charge in [0.25, 0.3) is 0 Å². The first-order valence-corrected chi connectivity index (χ1v) is 6.91. The summed E-state index contributed by atoms with van der Waals surface area (Å²) in [6.07, 6.45) is 0. The summed E-state index contributed by atoms with van der Waals surface area (Å²) in [5.41, 5.74) is 7.54. The first-order chi connectivity index (χ1) is 5.22. The summed E-state index contributed by atoms with van der Waals surface area (Å²) in [6.45, 7) is 4.53. The molecule has 1 radical (unpaired) electrons. The Kier molecular flexibility index (Phi) is 2.85. The Morgan fingerprint density at radius 2 is 1.91 bits per heavy atom. The van der Waals surface area contributed by atoms with E-state index in [1.165, 1.54) is 5.56 Å². The summed E-state index contributed by atoms with van der Waals surface area (Å²) in [5.74, 6) is 0. The molecule has 2 N–H and O–H groups in total. The zero-order chi connectivity index (χ0) is 8.27. The molecule has 11 heavy (non-hydrogen) atoms. The summed E-state index contributed by atoms with van der Waals surface area (Å²) >= 11 is 0. The fourth-order valence-corrected chi connectivity index (χ4v) is 2.00. The van der Waals surface area contributed by atoms with Gasteiger partial charge in [-0.25, -0.2) is 0 Å². The average molecular weight is 164 g/mol. The number of nitrogens with two attached hydrogens (primary N) is 1. The maximum absolute atomic E-state index is 5.99. The molecule has 1 unspecified atom stereocenters. The van der Waals surface area contributed by atoms with Gasteiger partial charge in [-0.05, 0) is 11.6 Å². The number of hydrogen-bond donors (Lipinski definition) is 1. The first-order valence-electron chi connectivity index (χ1n) is 3.93. The van der Waals surface area contributed by atoms with E-state index in [-0.39, 0.29) is 0 Å². The molecule has 0 aliphatic carbocycles. The Morgan fingerprint density at radius 1 is 1.36 bits per heavy atom. The van der Waals surface area contributed by atoms with Crippen molar-refractivity contribution in [3.05, 3.63) is 35.9 Å². The smallest absolute Gasteiger partial charge is 0.0559 e. The van der Waals surface area contributed by atoms with Crippen molar-refractivity contribution in [1.29, 1.82) is 0 Å². The maximum Gasteiger partial charge on any atom is 0.0559 e. The van der Waals surface area contributed by atoms with Crippen LogP contribution in [0.2, 0.25) is 13.1 Å². The molecule has 2 heteroatoms. The monoisotopic (exact) mass is 164 g/mol. The Hall–Kier alpha value is -0.603. The molecule has 0 fully saturated rings. The lowest BCUT2D eigenvalue weighted by Crippen LogP contribution is -2.24. The molecule has 0 heterocycles. The van der Waals surface area contributed by atoms with Crippen molar-refractivity contribution in [3.63, 3.8) is 0 Å². The lowest BCUT2D eigenvalue weighted by molar-refractivity contribution is 0.984. The normalized spacial score (nSPS) is 13.5. The molecule has 0 aliphatic rings. The third-order valence-electron chi connectivity index (χ3n) is 1.85. The molecule has 0 aromatic heterocycles. The third kappa shape index (κ3) is 2.17. The van der Waals surface area contributed by atoms with Gasteiger partial charge < -0.3 is 5.73 Å². The molecule has 0 spiro atoms. The highest BCUT2D eigenvalue weighted by Gasteiger charge is 2.09. The van der Waals surface area contributed by atoms with Gasteiger partial charge in [0.1, 0.15) is 0 Å². The standard InChI is InChI=1S/C9H14NSi/c1-11(2)9(10)8-6-4-3-5-7-8/h4-7,9,11H,10H2,1-2H3. The summed E-state index contributed by atoms with van der Waals surface area (Å²) in [6, 6.07) is 10.9. The van der Waals surface area contributed by atoms with Crippen LogP contribution in [0.1, 0.15) is 11.2 Å². The number of benzene rings is 1. The maximum atomic E-state index is 5.99. The SMILES string of the molecule is C[SiH](C)C(N)c1cc[c]cc1. The van der Waals surface area contributed by atoms with E-state index in [1.54, 1.807) is 0 Å². The van der Waals surface area contributed by atoms with Gasteiger partial charge in [-0.1, -0.05) is 37.4 Å². The van der Waals surface area contributed by atoms with E-state index < -0.39 is 8.80 Å². The molecule has 59 valence electrons. The van der Waals surface area contributed by atoms with E-state index in [2.05, 4.69) is 31.3 Å². The van der Waals surface area contributed by atoms with Crippen LogP contribution in [0.4, 0.5) is 0 Å². The molecular weight excluding hydrogens is 150 g/mol. The summed E-state index contributed by atoms with van der Waals surface area (Å²) < 4.78 is 0. The van der Waals surface area contributed by atoms with Gasteiger partial charge in [0, 0.05) is 5.67 Å². The fourth-order valence-electron chi connectivity index (χ4n) is 1.01. The minimum Gasteiger partial charge on any atom is -0.327 e. The van der Waals surface area contributed by atoms with Gasteiger partial charge in [-0.3, -0.25) is 0 Å². The Labute approximate surface area is 69.8 Å². The minimum absolute atomic E-state index is 0.296. The third-order valence-corrected chi connectivity index (χ3v) is 3.67. The average Bonchev–Trinajstić information content (AvgIpc) is 2.05. The molecule has 0 amide bonds. The first kappa shape index (κ1) is 8.49. The zero-order valence-corrected chi connectivity index (χ0v) is 8.20. The number of rotatable bonds is 2. The second-order valence-electron chi connectivity index (χ2n) is 3.10. The van der Waals surface area contributed by atoms with Gasteiger partial charge in [-0.15, -0.1) is 0 Å². The van der Waals surface area contributed by atoms with Crippen molar-refractivity contribution < 1.29 is 0 Å². The van der Waals surface area contributed by atoms with Crippen molar-refractivity contribution in [2.45, 2.75) is 18.8 Å². The van der Waals surface area contributed by atoms with Crippen molar-refractivity contribution in [2.75, 3.05) is 0 Å². The van der Waals surface area contributed by atoms with E-state index in [9.17, 15) is 0 Å². The van der Waals surface area contributed by atoms with E-state index in [0.29, 0.717) is 5.67 Å². The van der Waals surface area contributed by atoms with Crippen molar-refractivity contribution in [1.82, 2.24) is 0 Å². The topological polar surface area (TPSA) is 26.0 Å². The molecule has 0 saturated carbocycles. The predicted molar refractivity (Wildman–Crippen MR) is 51.1 cm³/mol. The summed E-state index contributed by atoms with van der Waals surface area (Å²) in [7, 11) is -0.727. The van der Waals surface area contributed by atoms with Gasteiger partial charge in [0.2, 0.25) is 0 Å². The van der Waals surface area contributed by atoms with E-state index in [1.807, 2.05) is 12.1 Å². The van der Waals surface area contributed by atoms with Crippen molar-refractivity contribution in [3.8, 4) is 0 Å². The van der Waals surface area contributed by atoms with Gasteiger partial charge in [-0.2, -0.15) is 0 Å². The van der Waals surface area contributed by atoms with Crippen LogP contribution in [-0.4, -0.2) is 8.80 Å². The molecule has 0 saturated heterocycles. The predicted octanol–water partition coefficient (Wildman–Crippen LogP) is 1.51. The molecular formula is C9H14NSi. The van der Waals surface area contributed by atoms with Crippen LogP contribution in [0, 0.1) is 6.07 Å². The van der Waals surface area contributed by atoms with Crippen LogP contribution in [0.25, 0.3) is 0 Å². The van der Waals surface area contributed by atoms with E-state index in [0.717, 1.165) is 0 Å². The van der Waals surface area contributed by atoms with Crippen LogP contribution < -0.4 is 5.73 Å². The van der Waals surface area contributed by atoms with E-state index >= 15 is 0 Å². The van der Waals surface area contributed by atoms with Crippen LogP contribution >= 0.6 is 0 Å². The van der Waals surface area contributed by atoms with Gasteiger partial charge in [0.15, 0.2) is 0 Å². The molecule has 1 atom stereocenters. The molecule has 1 aromatic carbocycles. The highest BCUT2D eigenvalue weighted by molar-refractivity contribution is 6.57. The van der Waals surface area contributed by atoms with Crippen LogP contribution in [0.5, 0.6) is 0 Å². The van der Waals surface area contributed by atoms with Crippen LogP contribution in [-0.2, 0) is 0 Å². The Balaban J connectivity index is 2.77. The van der Waals surface area contributed by atoms with Crippen LogP contribution in [0.15, 0.2) is 24.3 Å². The molecule has 0 bridgehead atoms. The van der Waals surface area contributed by atoms with Crippen molar-refractivity contribution >= 4 is 8.80 Å². The second kappa shape index (κ2) is 3.69. The lowest BCUT2D eigenvalue weighted by Gasteiger charge is -2.13. The Morgan fingerprint density at radius 3 is 2.36 bits per heavy atom. The highest BCUT2D eigenvalue weighted by atomic mass is 28.3. The molecule has 0 aliphatic heterocycles. The molecule has 1 aromatic rings. The van der Waals surface area contributed by atoms with Gasteiger partial charge in [0.05, 0.1) is 8.80 Å². The summed E-state index contributed by atoms with van der Waals surface area (Å²) in [4.78, 5) is 0. The highest BCUT2D eigenvalue weighted by Crippen LogP contribution is 2.11. The quantitative estimate of drug-likeness (QED) is 0.659.